The van der Waals surface area contributed by atoms with E-state index in [1.807, 2.05) is 52.0 Å². The zero-order valence-electron chi connectivity index (χ0n) is 30.1. The number of phenolic OH excluding ortho intramolecular Hbond substituents is 1. The highest BCUT2D eigenvalue weighted by molar-refractivity contribution is 5.81. The van der Waals surface area contributed by atoms with Gasteiger partial charge in [-0.2, -0.15) is 0 Å². The summed E-state index contributed by atoms with van der Waals surface area (Å²) in [6.07, 6.45) is 5.22. The van der Waals surface area contributed by atoms with Gasteiger partial charge in [-0.15, -0.1) is 0 Å². The summed E-state index contributed by atoms with van der Waals surface area (Å²) in [6.45, 7) is 18.4. The van der Waals surface area contributed by atoms with E-state index in [2.05, 4.69) is 45.1 Å². The smallest absolute Gasteiger partial charge is 0.261 e. The first-order valence-electron chi connectivity index (χ1n) is 17.2. The topological polar surface area (TPSA) is 106 Å². The minimum absolute atomic E-state index is 0.0535. The van der Waals surface area contributed by atoms with Crippen LogP contribution >= 0.6 is 0 Å². The van der Waals surface area contributed by atoms with Gasteiger partial charge in [0, 0.05) is 23.2 Å². The Hall–Kier alpha value is -4.30. The zero-order chi connectivity index (χ0) is 35.0. The monoisotopic (exact) mass is 652 g/mol. The third-order valence-electron chi connectivity index (χ3n) is 8.57. The van der Waals surface area contributed by atoms with Crippen molar-refractivity contribution in [2.24, 2.45) is 0 Å². The van der Waals surface area contributed by atoms with Crippen molar-refractivity contribution in [3.63, 3.8) is 0 Å². The van der Waals surface area contributed by atoms with Crippen LogP contribution in [0.2, 0.25) is 0 Å². The van der Waals surface area contributed by atoms with E-state index < -0.39 is 6.10 Å². The molecule has 0 fully saturated rings. The van der Waals surface area contributed by atoms with E-state index in [-0.39, 0.29) is 23.8 Å². The summed E-state index contributed by atoms with van der Waals surface area (Å²) in [5, 5.41) is 14.3. The number of carbonyl (C=O) groups is 1. The van der Waals surface area contributed by atoms with Crippen molar-refractivity contribution in [2.45, 2.75) is 113 Å². The molecule has 256 valence electrons. The Morgan fingerprint density at radius 2 is 1.31 bits per heavy atom. The number of hydrogen-bond donors (Lipinski definition) is 2. The lowest BCUT2D eigenvalue weighted by atomic mass is 10.0. The summed E-state index contributed by atoms with van der Waals surface area (Å²) >= 11 is 0. The number of aromatic hydroxyl groups is 1. The number of aryl methyl sites for hydroxylation is 5. The Kier molecular flexibility index (Phi) is 12.7. The van der Waals surface area contributed by atoms with E-state index in [9.17, 15) is 9.90 Å². The molecule has 1 amide bonds. The molecule has 1 aromatic heterocycles. The van der Waals surface area contributed by atoms with Gasteiger partial charge in [-0.25, -0.2) is 15.0 Å². The van der Waals surface area contributed by atoms with Gasteiger partial charge in [-0.1, -0.05) is 80.1 Å². The number of unbranched alkanes of at least 4 members (excludes halogenated alkanes) is 3. The molecule has 8 heteroatoms. The van der Waals surface area contributed by atoms with E-state index in [0.29, 0.717) is 35.4 Å². The van der Waals surface area contributed by atoms with Crippen molar-refractivity contribution in [2.75, 3.05) is 6.61 Å². The fraction of sp³-hybridized carbons (Fsp3) is 0.450. The number of nitrogens with zero attached hydrogens (tertiary/aromatic N) is 3. The molecule has 0 aliphatic rings. The minimum Gasteiger partial charge on any atom is -0.507 e. The number of phenols is 1. The zero-order valence-corrected chi connectivity index (χ0v) is 30.1. The Bertz CT molecular complexity index is 1650. The maximum Gasteiger partial charge on any atom is 0.261 e. The molecule has 1 heterocycles. The molecule has 48 heavy (non-hydrogen) atoms. The summed E-state index contributed by atoms with van der Waals surface area (Å²) < 4.78 is 12.0. The average molecular weight is 653 g/mol. The second-order valence-corrected chi connectivity index (χ2v) is 13.2. The lowest BCUT2D eigenvalue weighted by Gasteiger charge is -2.21. The summed E-state index contributed by atoms with van der Waals surface area (Å²) in [6, 6.07) is 15.5. The first kappa shape index (κ1) is 36.5. The van der Waals surface area contributed by atoms with Gasteiger partial charge in [0.1, 0.15) is 11.5 Å². The predicted molar refractivity (Wildman–Crippen MR) is 193 cm³/mol. The van der Waals surface area contributed by atoms with Gasteiger partial charge in [-0.05, 0) is 84.6 Å². The molecular formula is C40H52N4O4. The first-order chi connectivity index (χ1) is 22.9. The van der Waals surface area contributed by atoms with Crippen LogP contribution in [0.25, 0.3) is 34.2 Å². The molecule has 4 rings (SSSR count). The number of nitrogens with one attached hydrogen (secondary N) is 1. The number of benzene rings is 3. The van der Waals surface area contributed by atoms with E-state index in [1.165, 1.54) is 25.3 Å². The molecule has 8 nitrogen and oxygen atoms in total. The molecule has 0 aliphatic heterocycles. The minimum atomic E-state index is -0.785. The van der Waals surface area contributed by atoms with Crippen LogP contribution in [-0.2, 0) is 9.53 Å². The van der Waals surface area contributed by atoms with Crippen LogP contribution in [0.1, 0.15) is 87.6 Å². The summed E-state index contributed by atoms with van der Waals surface area (Å²) in [4.78, 5) is 27.6. The first-order valence-corrected chi connectivity index (χ1v) is 17.2. The maximum atomic E-state index is 13.0. The molecule has 3 atom stereocenters. The van der Waals surface area contributed by atoms with Crippen molar-refractivity contribution in [1.82, 2.24) is 20.3 Å². The van der Waals surface area contributed by atoms with Crippen LogP contribution in [0.4, 0.5) is 0 Å². The largest absolute Gasteiger partial charge is 0.507 e. The van der Waals surface area contributed by atoms with Crippen molar-refractivity contribution in [3.8, 4) is 45.7 Å². The Balaban J connectivity index is 1.54. The van der Waals surface area contributed by atoms with Crippen LogP contribution in [0.5, 0.6) is 11.5 Å². The number of ether oxygens (including phenoxy) is 2. The van der Waals surface area contributed by atoms with Crippen molar-refractivity contribution >= 4 is 5.91 Å². The number of rotatable bonds is 15. The van der Waals surface area contributed by atoms with Crippen LogP contribution in [0, 0.1) is 34.6 Å². The van der Waals surface area contributed by atoms with Gasteiger partial charge >= 0.3 is 0 Å². The molecule has 0 saturated heterocycles. The van der Waals surface area contributed by atoms with E-state index >= 15 is 0 Å². The third-order valence-corrected chi connectivity index (χ3v) is 8.57. The molecule has 0 bridgehead atoms. The highest BCUT2D eigenvalue weighted by Crippen LogP contribution is 2.36. The average Bonchev–Trinajstić information content (AvgIpc) is 3.03. The molecule has 2 N–H and O–H groups in total. The number of hydrogen-bond acceptors (Lipinski definition) is 7. The molecular weight excluding hydrogens is 600 g/mol. The van der Waals surface area contributed by atoms with Crippen LogP contribution < -0.4 is 10.1 Å². The molecule has 3 aromatic carbocycles. The molecule has 3 unspecified atom stereocenters. The maximum absolute atomic E-state index is 13.0. The van der Waals surface area contributed by atoms with Crippen LogP contribution in [-0.4, -0.2) is 50.8 Å². The fourth-order valence-electron chi connectivity index (χ4n) is 5.75. The fourth-order valence-corrected chi connectivity index (χ4v) is 5.75. The van der Waals surface area contributed by atoms with E-state index in [0.717, 1.165) is 51.8 Å². The van der Waals surface area contributed by atoms with Gasteiger partial charge in [0.05, 0.1) is 18.3 Å². The number of carbonyl (C=O) groups excluding carboxylic acids is 1. The summed E-state index contributed by atoms with van der Waals surface area (Å²) in [5.74, 6) is 1.50. The van der Waals surface area contributed by atoms with Crippen LogP contribution in [0.3, 0.4) is 0 Å². The predicted octanol–water partition coefficient (Wildman–Crippen LogP) is 8.77. The molecule has 0 saturated carbocycles. The van der Waals surface area contributed by atoms with Crippen molar-refractivity contribution in [1.29, 1.82) is 0 Å². The lowest BCUT2D eigenvalue weighted by Crippen LogP contribution is -2.43. The Morgan fingerprint density at radius 3 is 1.85 bits per heavy atom. The number of aromatic nitrogens is 3. The Morgan fingerprint density at radius 1 is 0.750 bits per heavy atom. The standard InChI is InChI=1S/C40H52N4O4/c1-10-11-12-13-14-30(8)47-23-29(7)41-40(46)31(9)48-36-22-35(45)34(21-28(36)6)39-43-37(32-17-15-24(2)19-26(32)4)42-38(44-39)33-18-16-25(3)20-27(33)5/h15-22,29-31,45H,10-14,23H2,1-9H3,(H,41,46). The van der Waals surface area contributed by atoms with Gasteiger partial charge in [0.25, 0.3) is 5.91 Å². The van der Waals surface area contributed by atoms with E-state index in [1.54, 1.807) is 13.0 Å². The number of amides is 1. The molecule has 0 spiro atoms. The SMILES string of the molecule is CCCCCCC(C)OCC(C)NC(=O)C(C)Oc1cc(O)c(-c2nc(-c3ccc(C)cc3C)nc(-c3ccc(C)cc3C)n2)cc1C. The van der Waals surface area contributed by atoms with Gasteiger partial charge in [0.15, 0.2) is 23.6 Å². The molecule has 0 radical (unpaired) electrons. The third kappa shape index (κ3) is 9.63. The normalized spacial score (nSPS) is 13.2. The summed E-state index contributed by atoms with van der Waals surface area (Å²) in [7, 11) is 0. The van der Waals surface area contributed by atoms with Crippen molar-refractivity contribution in [3.05, 3.63) is 76.3 Å². The van der Waals surface area contributed by atoms with Gasteiger partial charge < -0.3 is 19.9 Å². The summed E-state index contributed by atoms with van der Waals surface area (Å²) in [5.41, 5.74) is 7.37. The second kappa shape index (κ2) is 16.7. The van der Waals surface area contributed by atoms with Crippen molar-refractivity contribution < 1.29 is 19.4 Å². The van der Waals surface area contributed by atoms with Gasteiger partial charge in [0.2, 0.25) is 0 Å². The molecule has 0 aliphatic carbocycles. The quantitative estimate of drug-likeness (QED) is 0.124. The van der Waals surface area contributed by atoms with Crippen LogP contribution in [0.15, 0.2) is 48.5 Å². The Labute approximate surface area is 286 Å². The second-order valence-electron chi connectivity index (χ2n) is 13.2. The highest BCUT2D eigenvalue weighted by atomic mass is 16.5. The highest BCUT2D eigenvalue weighted by Gasteiger charge is 2.22. The lowest BCUT2D eigenvalue weighted by molar-refractivity contribution is -0.128. The van der Waals surface area contributed by atoms with E-state index in [4.69, 9.17) is 24.4 Å². The molecule has 4 aromatic rings. The van der Waals surface area contributed by atoms with Gasteiger partial charge in [-0.3, -0.25) is 4.79 Å².